The molecule has 3 rings (SSSR count). The van der Waals surface area contributed by atoms with Crippen LogP contribution in [0.4, 0.5) is 13.2 Å². The predicted octanol–water partition coefficient (Wildman–Crippen LogP) is 2.81. The van der Waals surface area contributed by atoms with Crippen LogP contribution in [0.1, 0.15) is 41.7 Å². The molecule has 2 unspecified atom stereocenters. The number of hydrogen-bond donors (Lipinski definition) is 1. The fourth-order valence-electron chi connectivity index (χ4n) is 3.19. The normalized spacial score (nSPS) is 29.4. The lowest BCUT2D eigenvalue weighted by Crippen LogP contribution is -2.40. The fourth-order valence-corrected chi connectivity index (χ4v) is 3.19. The van der Waals surface area contributed by atoms with Crippen LogP contribution in [-0.4, -0.2) is 22.9 Å². The summed E-state index contributed by atoms with van der Waals surface area (Å²) in [7, 11) is 0. The second kappa shape index (κ2) is 4.84. The van der Waals surface area contributed by atoms with Crippen LogP contribution < -0.4 is 5.32 Å². The number of hydrogen-bond acceptors (Lipinski definition) is 3. The van der Waals surface area contributed by atoms with Crippen LogP contribution in [0.5, 0.6) is 0 Å². The van der Waals surface area contributed by atoms with Gasteiger partial charge in [0.2, 0.25) is 0 Å². The van der Waals surface area contributed by atoms with Gasteiger partial charge in [-0.15, -0.1) is 0 Å². The molecule has 0 amide bonds. The molecule has 3 nitrogen and oxygen atoms in total. The summed E-state index contributed by atoms with van der Waals surface area (Å²) < 4.78 is 37.4. The maximum atomic E-state index is 12.5. The van der Waals surface area contributed by atoms with Crippen molar-refractivity contribution in [2.75, 3.05) is 0 Å². The maximum absolute atomic E-state index is 12.5. The number of ketones is 1. The number of nitrogens with zero attached hydrogens (tertiary/aromatic N) is 1. The first-order valence-corrected chi connectivity index (χ1v) is 6.77. The number of alkyl halides is 3. The first kappa shape index (κ1) is 13.5. The molecule has 2 fully saturated rings. The second-order valence-electron chi connectivity index (χ2n) is 5.60. The highest BCUT2D eigenvalue weighted by molar-refractivity contribution is 5.96. The van der Waals surface area contributed by atoms with Crippen LogP contribution in [0, 0.1) is 5.92 Å². The van der Waals surface area contributed by atoms with E-state index in [1.54, 1.807) is 0 Å². The van der Waals surface area contributed by atoms with Gasteiger partial charge in [0, 0.05) is 24.2 Å². The number of halogens is 3. The van der Waals surface area contributed by atoms with E-state index in [-0.39, 0.29) is 17.4 Å². The van der Waals surface area contributed by atoms with Crippen molar-refractivity contribution in [1.29, 1.82) is 0 Å². The largest absolute Gasteiger partial charge is 0.417 e. The maximum Gasteiger partial charge on any atom is 0.417 e. The van der Waals surface area contributed by atoms with Crippen LogP contribution in [0.2, 0.25) is 0 Å². The number of Topliss-reactive ketones (excluding diaryl/α,β-unsaturated/α-hetero) is 1. The average Bonchev–Trinajstić information content (AvgIpc) is 2.76. The lowest BCUT2D eigenvalue weighted by molar-refractivity contribution is -0.137. The lowest BCUT2D eigenvalue weighted by atomic mass is 9.87. The van der Waals surface area contributed by atoms with Crippen LogP contribution in [0.25, 0.3) is 0 Å². The number of nitrogens with one attached hydrogen (secondary N) is 1. The third-order valence-electron chi connectivity index (χ3n) is 4.19. The number of fused-ring (bicyclic) bond motifs is 2. The van der Waals surface area contributed by atoms with E-state index in [1.807, 2.05) is 0 Å². The highest BCUT2D eigenvalue weighted by Gasteiger charge is 2.37. The SMILES string of the molecule is O=C(c1ccc(C(F)(F)F)cn1)C1CC2CCC(C1)N2. The molecule has 2 aliphatic heterocycles. The fraction of sp³-hybridized carbons (Fsp3) is 0.571. The molecule has 20 heavy (non-hydrogen) atoms. The van der Waals surface area contributed by atoms with E-state index in [4.69, 9.17) is 0 Å². The lowest BCUT2D eigenvalue weighted by Gasteiger charge is -2.27. The van der Waals surface area contributed by atoms with E-state index in [9.17, 15) is 18.0 Å². The van der Waals surface area contributed by atoms with Crippen molar-refractivity contribution in [2.24, 2.45) is 5.92 Å². The average molecular weight is 284 g/mol. The molecule has 0 radical (unpaired) electrons. The molecule has 1 N–H and O–H groups in total. The Bertz CT molecular complexity index is 500. The summed E-state index contributed by atoms with van der Waals surface area (Å²) in [6.07, 6.45) is 0.00516. The van der Waals surface area contributed by atoms with Crippen LogP contribution in [-0.2, 0) is 6.18 Å². The van der Waals surface area contributed by atoms with E-state index in [2.05, 4.69) is 10.3 Å². The zero-order valence-corrected chi connectivity index (χ0v) is 10.8. The first-order chi connectivity index (χ1) is 9.43. The number of carbonyl (C=O) groups excluding carboxylic acids is 1. The van der Waals surface area contributed by atoms with E-state index in [0.717, 1.165) is 37.9 Å². The Hall–Kier alpha value is -1.43. The van der Waals surface area contributed by atoms with E-state index in [0.29, 0.717) is 12.1 Å². The third-order valence-corrected chi connectivity index (χ3v) is 4.19. The summed E-state index contributed by atoms with van der Waals surface area (Å²) in [6.45, 7) is 0. The standard InChI is InChI=1S/C14H15F3N2O/c15-14(16,17)9-1-4-12(18-7-9)13(20)8-5-10-2-3-11(6-8)19-10/h1,4,7-8,10-11,19H,2-3,5-6H2. The number of aromatic nitrogens is 1. The zero-order valence-electron chi connectivity index (χ0n) is 10.8. The highest BCUT2D eigenvalue weighted by atomic mass is 19.4. The molecule has 0 aliphatic carbocycles. The van der Waals surface area contributed by atoms with E-state index < -0.39 is 11.7 Å². The number of rotatable bonds is 2. The van der Waals surface area contributed by atoms with Gasteiger partial charge in [-0.1, -0.05) is 0 Å². The molecule has 2 atom stereocenters. The van der Waals surface area contributed by atoms with Crippen molar-refractivity contribution in [3.63, 3.8) is 0 Å². The van der Waals surface area contributed by atoms with Gasteiger partial charge in [0.15, 0.2) is 5.78 Å². The quantitative estimate of drug-likeness (QED) is 0.849. The van der Waals surface area contributed by atoms with Crippen molar-refractivity contribution in [2.45, 2.75) is 43.9 Å². The Labute approximate surface area is 114 Å². The molecule has 6 heteroatoms. The molecular weight excluding hydrogens is 269 g/mol. The smallest absolute Gasteiger partial charge is 0.311 e. The highest BCUT2D eigenvalue weighted by Crippen LogP contribution is 2.33. The number of carbonyl (C=O) groups is 1. The van der Waals surface area contributed by atoms with Gasteiger partial charge < -0.3 is 5.32 Å². The monoisotopic (exact) mass is 284 g/mol. The van der Waals surface area contributed by atoms with E-state index >= 15 is 0 Å². The molecular formula is C14H15F3N2O. The van der Waals surface area contributed by atoms with Crippen molar-refractivity contribution in [3.05, 3.63) is 29.6 Å². The molecule has 2 aliphatic rings. The zero-order chi connectivity index (χ0) is 14.3. The molecule has 1 aromatic rings. The van der Waals surface area contributed by atoms with Crippen LogP contribution in [0.3, 0.4) is 0 Å². The Morgan fingerprint density at radius 3 is 2.35 bits per heavy atom. The van der Waals surface area contributed by atoms with Crippen molar-refractivity contribution < 1.29 is 18.0 Å². The Kier molecular flexibility index (Phi) is 3.28. The van der Waals surface area contributed by atoms with Gasteiger partial charge in [-0.3, -0.25) is 9.78 Å². The van der Waals surface area contributed by atoms with E-state index in [1.165, 1.54) is 6.07 Å². The molecule has 0 aromatic carbocycles. The predicted molar refractivity (Wildman–Crippen MR) is 66.2 cm³/mol. The topological polar surface area (TPSA) is 42.0 Å². The summed E-state index contributed by atoms with van der Waals surface area (Å²) in [5, 5.41) is 3.43. The number of piperidine rings is 1. The minimum Gasteiger partial charge on any atom is -0.311 e. The summed E-state index contributed by atoms with van der Waals surface area (Å²) in [5.41, 5.74) is -0.677. The molecule has 2 saturated heterocycles. The minimum atomic E-state index is -4.41. The molecule has 108 valence electrons. The van der Waals surface area contributed by atoms with Crippen molar-refractivity contribution >= 4 is 5.78 Å². The van der Waals surface area contributed by atoms with Gasteiger partial charge in [0.05, 0.1) is 5.56 Å². The number of pyridine rings is 1. The van der Waals surface area contributed by atoms with Crippen LogP contribution >= 0.6 is 0 Å². The van der Waals surface area contributed by atoms with Gasteiger partial charge in [-0.2, -0.15) is 13.2 Å². The third kappa shape index (κ3) is 2.57. The molecule has 1 aromatic heterocycles. The molecule has 3 heterocycles. The van der Waals surface area contributed by atoms with Gasteiger partial charge in [-0.05, 0) is 37.8 Å². The minimum absolute atomic E-state index is 0.113. The molecule has 0 spiro atoms. The van der Waals surface area contributed by atoms with Gasteiger partial charge in [0.1, 0.15) is 5.69 Å². The summed E-state index contributed by atoms with van der Waals surface area (Å²) in [4.78, 5) is 16.0. The summed E-state index contributed by atoms with van der Waals surface area (Å²) >= 11 is 0. The first-order valence-electron chi connectivity index (χ1n) is 6.77. The Morgan fingerprint density at radius 1 is 1.20 bits per heavy atom. The summed E-state index contributed by atoms with van der Waals surface area (Å²) in [6, 6.07) is 2.86. The molecule has 0 saturated carbocycles. The molecule has 2 bridgehead atoms. The van der Waals surface area contributed by atoms with Gasteiger partial charge >= 0.3 is 6.18 Å². The van der Waals surface area contributed by atoms with Crippen molar-refractivity contribution in [3.8, 4) is 0 Å². The Morgan fingerprint density at radius 2 is 1.85 bits per heavy atom. The Balaban J connectivity index is 1.74. The van der Waals surface area contributed by atoms with Crippen molar-refractivity contribution in [1.82, 2.24) is 10.3 Å². The summed E-state index contributed by atoms with van der Waals surface area (Å²) in [5.74, 6) is -0.241. The second-order valence-corrected chi connectivity index (χ2v) is 5.60. The van der Waals surface area contributed by atoms with Gasteiger partial charge in [-0.25, -0.2) is 0 Å². The van der Waals surface area contributed by atoms with Crippen LogP contribution in [0.15, 0.2) is 18.3 Å². The van der Waals surface area contributed by atoms with Gasteiger partial charge in [0.25, 0.3) is 0 Å².